The Morgan fingerprint density at radius 1 is 1.42 bits per heavy atom. The van der Waals surface area contributed by atoms with Crippen LogP contribution in [-0.4, -0.2) is 45.5 Å². The van der Waals surface area contributed by atoms with E-state index in [1.54, 1.807) is 13.3 Å². The Bertz CT molecular complexity index is 401. The van der Waals surface area contributed by atoms with Gasteiger partial charge in [0.2, 0.25) is 0 Å². The standard InChI is InChI=1S/C14H25N3O2/c1-5-17-12(11(19-4)10-15-17)13(18)14(2,3)16-8-6-7-9-16/h10,13,18H,5-9H2,1-4H3. The molecule has 0 saturated carbocycles. The van der Waals surface area contributed by atoms with Gasteiger partial charge in [0.15, 0.2) is 5.75 Å². The number of aliphatic hydroxyl groups excluding tert-OH is 1. The molecule has 1 aromatic heterocycles. The van der Waals surface area contributed by atoms with Gasteiger partial charge in [-0.05, 0) is 46.7 Å². The molecular weight excluding hydrogens is 242 g/mol. The second-order valence-electron chi connectivity index (χ2n) is 5.66. The van der Waals surface area contributed by atoms with Gasteiger partial charge in [-0.25, -0.2) is 0 Å². The predicted octanol–water partition coefficient (Wildman–Crippen LogP) is 1.82. The smallest absolute Gasteiger partial charge is 0.162 e. The molecule has 1 unspecified atom stereocenters. The van der Waals surface area contributed by atoms with E-state index in [9.17, 15) is 5.11 Å². The fourth-order valence-corrected chi connectivity index (χ4v) is 2.86. The van der Waals surface area contributed by atoms with Crippen LogP contribution in [0.15, 0.2) is 6.20 Å². The van der Waals surface area contributed by atoms with Crippen LogP contribution < -0.4 is 4.74 Å². The molecule has 5 heteroatoms. The molecule has 1 atom stereocenters. The highest BCUT2D eigenvalue weighted by molar-refractivity contribution is 5.29. The highest BCUT2D eigenvalue weighted by Gasteiger charge is 2.39. The first-order chi connectivity index (χ1) is 9.02. The van der Waals surface area contributed by atoms with Crippen LogP contribution in [-0.2, 0) is 6.54 Å². The van der Waals surface area contributed by atoms with Gasteiger partial charge in [-0.15, -0.1) is 0 Å². The van der Waals surface area contributed by atoms with E-state index in [4.69, 9.17) is 4.74 Å². The molecule has 0 bridgehead atoms. The maximum absolute atomic E-state index is 10.8. The largest absolute Gasteiger partial charge is 0.493 e. The summed E-state index contributed by atoms with van der Waals surface area (Å²) in [6.45, 7) is 9.03. The van der Waals surface area contributed by atoms with Crippen LogP contribution in [0.25, 0.3) is 0 Å². The molecule has 1 saturated heterocycles. The molecule has 19 heavy (non-hydrogen) atoms. The zero-order valence-corrected chi connectivity index (χ0v) is 12.4. The molecule has 1 aliphatic rings. The molecule has 1 fully saturated rings. The summed E-state index contributed by atoms with van der Waals surface area (Å²) in [4.78, 5) is 2.35. The molecule has 1 N–H and O–H groups in total. The third-order valence-corrected chi connectivity index (χ3v) is 4.21. The molecule has 0 aliphatic carbocycles. The average molecular weight is 267 g/mol. The topological polar surface area (TPSA) is 50.5 Å². The van der Waals surface area contributed by atoms with E-state index in [-0.39, 0.29) is 5.54 Å². The fourth-order valence-electron chi connectivity index (χ4n) is 2.86. The van der Waals surface area contributed by atoms with E-state index < -0.39 is 6.10 Å². The molecule has 0 aromatic carbocycles. The van der Waals surface area contributed by atoms with Crippen molar-refractivity contribution in [2.45, 2.75) is 51.8 Å². The van der Waals surface area contributed by atoms with Crippen molar-refractivity contribution < 1.29 is 9.84 Å². The van der Waals surface area contributed by atoms with Gasteiger partial charge in [0.05, 0.1) is 13.3 Å². The molecule has 0 amide bonds. The lowest BCUT2D eigenvalue weighted by Crippen LogP contribution is -2.47. The van der Waals surface area contributed by atoms with E-state index in [1.165, 1.54) is 12.8 Å². The summed E-state index contributed by atoms with van der Waals surface area (Å²) >= 11 is 0. The molecule has 1 aromatic rings. The van der Waals surface area contributed by atoms with Crippen molar-refractivity contribution in [2.75, 3.05) is 20.2 Å². The van der Waals surface area contributed by atoms with Crippen LogP contribution in [0.4, 0.5) is 0 Å². The monoisotopic (exact) mass is 267 g/mol. The number of aromatic nitrogens is 2. The Balaban J connectivity index is 2.31. The number of methoxy groups -OCH3 is 1. The first-order valence-corrected chi connectivity index (χ1v) is 7.05. The molecule has 108 valence electrons. The van der Waals surface area contributed by atoms with E-state index >= 15 is 0 Å². The molecular formula is C14H25N3O2. The van der Waals surface area contributed by atoms with Crippen LogP contribution >= 0.6 is 0 Å². The lowest BCUT2D eigenvalue weighted by molar-refractivity contribution is -0.00503. The third kappa shape index (κ3) is 2.49. The van der Waals surface area contributed by atoms with Crippen molar-refractivity contribution in [3.8, 4) is 5.75 Å². The first-order valence-electron chi connectivity index (χ1n) is 7.05. The lowest BCUT2D eigenvalue weighted by atomic mass is 9.92. The molecule has 0 spiro atoms. The van der Waals surface area contributed by atoms with E-state index in [0.717, 1.165) is 25.3 Å². The second-order valence-corrected chi connectivity index (χ2v) is 5.66. The van der Waals surface area contributed by atoms with Crippen LogP contribution in [0.1, 0.15) is 45.4 Å². The average Bonchev–Trinajstić information content (AvgIpc) is 3.06. The Morgan fingerprint density at radius 2 is 2.05 bits per heavy atom. The van der Waals surface area contributed by atoms with Gasteiger partial charge in [-0.3, -0.25) is 9.58 Å². The quantitative estimate of drug-likeness (QED) is 0.884. The number of hydrogen-bond donors (Lipinski definition) is 1. The number of nitrogens with zero attached hydrogens (tertiary/aromatic N) is 3. The molecule has 1 aliphatic heterocycles. The second kappa shape index (κ2) is 5.51. The lowest BCUT2D eigenvalue weighted by Gasteiger charge is -2.39. The zero-order valence-electron chi connectivity index (χ0n) is 12.4. The summed E-state index contributed by atoms with van der Waals surface area (Å²) < 4.78 is 7.17. The molecule has 5 nitrogen and oxygen atoms in total. The van der Waals surface area contributed by atoms with Crippen LogP contribution in [0.3, 0.4) is 0 Å². The Morgan fingerprint density at radius 3 is 2.58 bits per heavy atom. The minimum Gasteiger partial charge on any atom is -0.493 e. The summed E-state index contributed by atoms with van der Waals surface area (Å²) in [5.41, 5.74) is 0.471. The third-order valence-electron chi connectivity index (χ3n) is 4.21. The first kappa shape index (κ1) is 14.3. The van der Waals surface area contributed by atoms with E-state index in [2.05, 4.69) is 23.8 Å². The Hall–Kier alpha value is -1.07. The van der Waals surface area contributed by atoms with Gasteiger partial charge < -0.3 is 9.84 Å². The van der Waals surface area contributed by atoms with Crippen molar-refractivity contribution in [2.24, 2.45) is 0 Å². The minimum absolute atomic E-state index is 0.309. The maximum atomic E-state index is 10.8. The van der Waals surface area contributed by atoms with Gasteiger partial charge in [0, 0.05) is 12.1 Å². The zero-order chi connectivity index (χ0) is 14.0. The van der Waals surface area contributed by atoms with Crippen molar-refractivity contribution >= 4 is 0 Å². The molecule has 0 radical (unpaired) electrons. The van der Waals surface area contributed by atoms with Gasteiger partial charge in [-0.2, -0.15) is 5.10 Å². The van der Waals surface area contributed by atoms with Gasteiger partial charge in [-0.1, -0.05) is 0 Å². The van der Waals surface area contributed by atoms with Crippen LogP contribution in [0, 0.1) is 0 Å². The SMILES string of the molecule is CCn1ncc(OC)c1C(O)C(C)(C)N1CCCC1. The highest BCUT2D eigenvalue weighted by Crippen LogP contribution is 2.37. The maximum Gasteiger partial charge on any atom is 0.162 e. The summed E-state index contributed by atoms with van der Waals surface area (Å²) in [5.74, 6) is 0.668. The van der Waals surface area contributed by atoms with E-state index in [0.29, 0.717) is 5.75 Å². The fraction of sp³-hybridized carbons (Fsp3) is 0.786. The van der Waals surface area contributed by atoms with Gasteiger partial charge >= 0.3 is 0 Å². The number of ether oxygens (including phenoxy) is 1. The predicted molar refractivity (Wildman–Crippen MR) is 74.3 cm³/mol. The van der Waals surface area contributed by atoms with Crippen molar-refractivity contribution in [1.29, 1.82) is 0 Å². The van der Waals surface area contributed by atoms with Crippen molar-refractivity contribution in [1.82, 2.24) is 14.7 Å². The number of hydrogen-bond acceptors (Lipinski definition) is 4. The Labute approximate surface area is 115 Å². The van der Waals surface area contributed by atoms with Crippen molar-refractivity contribution in [3.63, 3.8) is 0 Å². The molecule has 2 heterocycles. The van der Waals surface area contributed by atoms with Crippen LogP contribution in [0.5, 0.6) is 5.75 Å². The summed E-state index contributed by atoms with van der Waals surface area (Å²) in [6.07, 6.45) is 3.49. The normalized spacial score (nSPS) is 18.8. The number of aryl methyl sites for hydroxylation is 1. The molecule has 2 rings (SSSR count). The summed E-state index contributed by atoms with van der Waals surface area (Å²) in [7, 11) is 1.62. The Kier molecular flexibility index (Phi) is 4.16. The number of rotatable bonds is 5. The van der Waals surface area contributed by atoms with Gasteiger partial charge in [0.1, 0.15) is 11.8 Å². The summed E-state index contributed by atoms with van der Waals surface area (Å²) in [5, 5.41) is 15.1. The minimum atomic E-state index is -0.608. The number of aliphatic hydroxyl groups is 1. The van der Waals surface area contributed by atoms with Gasteiger partial charge in [0.25, 0.3) is 0 Å². The van der Waals surface area contributed by atoms with E-state index in [1.807, 2.05) is 11.6 Å². The summed E-state index contributed by atoms with van der Waals surface area (Å²) in [6, 6.07) is 0. The van der Waals surface area contributed by atoms with Crippen LogP contribution in [0.2, 0.25) is 0 Å². The highest BCUT2D eigenvalue weighted by atomic mass is 16.5. The van der Waals surface area contributed by atoms with Crippen molar-refractivity contribution in [3.05, 3.63) is 11.9 Å². The number of likely N-dealkylation sites (tertiary alicyclic amines) is 1.